The molecule has 1 aromatic heterocycles. The molecule has 1 heterocycles. The lowest BCUT2D eigenvalue weighted by Gasteiger charge is -2.00. The predicted octanol–water partition coefficient (Wildman–Crippen LogP) is -0.500. The van der Waals surface area contributed by atoms with Gasteiger partial charge in [0.25, 0.3) is 0 Å². The zero-order chi connectivity index (χ0) is 9.68. The van der Waals surface area contributed by atoms with E-state index in [9.17, 15) is 0 Å². The van der Waals surface area contributed by atoms with Crippen LogP contribution in [0.25, 0.3) is 0 Å². The Balaban J connectivity index is 2.99. The number of anilines is 1. The molecule has 4 heteroatoms. The van der Waals surface area contributed by atoms with E-state index in [0.717, 1.165) is 0 Å². The van der Waals surface area contributed by atoms with E-state index in [-0.39, 0.29) is 13.2 Å². The standard InChI is InChI=1S/C9H10N2O2/c10-9-8(6-13)4-7(5-11-9)2-1-3-12/h4-5,12-13H,3,6H2,(H2,10,11). The molecule has 1 aromatic rings. The molecule has 0 saturated heterocycles. The van der Waals surface area contributed by atoms with Crippen molar-refractivity contribution in [3.63, 3.8) is 0 Å². The molecule has 4 N–H and O–H groups in total. The van der Waals surface area contributed by atoms with Crippen molar-refractivity contribution in [2.75, 3.05) is 12.3 Å². The molecule has 0 saturated carbocycles. The van der Waals surface area contributed by atoms with Gasteiger partial charge in [-0.3, -0.25) is 0 Å². The minimum Gasteiger partial charge on any atom is -0.392 e. The summed E-state index contributed by atoms with van der Waals surface area (Å²) in [6.45, 7) is -0.355. The van der Waals surface area contributed by atoms with Crippen molar-refractivity contribution in [3.8, 4) is 11.8 Å². The number of hydrogen-bond acceptors (Lipinski definition) is 4. The summed E-state index contributed by atoms with van der Waals surface area (Å²) in [7, 11) is 0. The number of nitrogens with zero attached hydrogens (tertiary/aromatic N) is 1. The predicted molar refractivity (Wildman–Crippen MR) is 48.5 cm³/mol. The van der Waals surface area contributed by atoms with Crippen LogP contribution in [0.5, 0.6) is 0 Å². The van der Waals surface area contributed by atoms with Crippen molar-refractivity contribution >= 4 is 5.82 Å². The first-order valence-corrected chi connectivity index (χ1v) is 3.73. The molecular weight excluding hydrogens is 168 g/mol. The van der Waals surface area contributed by atoms with E-state index in [1.807, 2.05) is 0 Å². The Morgan fingerprint density at radius 2 is 2.23 bits per heavy atom. The van der Waals surface area contributed by atoms with Gasteiger partial charge >= 0.3 is 0 Å². The Bertz CT molecular complexity index is 352. The molecule has 0 amide bonds. The van der Waals surface area contributed by atoms with Crippen LogP contribution in [0.1, 0.15) is 11.1 Å². The molecule has 1 rings (SSSR count). The zero-order valence-corrected chi connectivity index (χ0v) is 6.99. The van der Waals surface area contributed by atoms with Gasteiger partial charge < -0.3 is 15.9 Å². The average molecular weight is 178 g/mol. The summed E-state index contributed by atoms with van der Waals surface area (Å²) in [5, 5.41) is 17.3. The van der Waals surface area contributed by atoms with Gasteiger partial charge in [-0.1, -0.05) is 11.8 Å². The van der Waals surface area contributed by atoms with Crippen LogP contribution in [0.2, 0.25) is 0 Å². The molecule has 68 valence electrons. The smallest absolute Gasteiger partial charge is 0.128 e. The summed E-state index contributed by atoms with van der Waals surface area (Å²) >= 11 is 0. The maximum atomic E-state index is 8.85. The Hall–Kier alpha value is -1.57. The van der Waals surface area contributed by atoms with Crippen LogP contribution in [0.15, 0.2) is 12.3 Å². The van der Waals surface area contributed by atoms with Gasteiger partial charge in [-0.2, -0.15) is 0 Å². The molecule has 0 spiro atoms. The minimum atomic E-state index is -0.196. The van der Waals surface area contributed by atoms with Crippen LogP contribution in [-0.2, 0) is 6.61 Å². The molecule has 0 bridgehead atoms. The lowest BCUT2D eigenvalue weighted by atomic mass is 10.2. The molecule has 4 nitrogen and oxygen atoms in total. The molecule has 0 unspecified atom stereocenters. The number of nitrogen functional groups attached to an aromatic ring is 1. The van der Waals surface area contributed by atoms with Gasteiger partial charge in [0.15, 0.2) is 0 Å². The van der Waals surface area contributed by atoms with E-state index < -0.39 is 0 Å². The second-order valence-electron chi connectivity index (χ2n) is 2.39. The highest BCUT2D eigenvalue weighted by Gasteiger charge is 1.98. The first-order valence-electron chi connectivity index (χ1n) is 3.73. The molecule has 0 radical (unpaired) electrons. The Morgan fingerprint density at radius 3 is 2.85 bits per heavy atom. The fraction of sp³-hybridized carbons (Fsp3) is 0.222. The Kier molecular flexibility index (Phi) is 3.26. The van der Waals surface area contributed by atoms with Crippen LogP contribution < -0.4 is 5.73 Å². The second kappa shape index (κ2) is 4.45. The highest BCUT2D eigenvalue weighted by molar-refractivity contribution is 5.45. The monoisotopic (exact) mass is 178 g/mol. The number of aliphatic hydroxyl groups excluding tert-OH is 2. The van der Waals surface area contributed by atoms with Crippen LogP contribution in [0.3, 0.4) is 0 Å². The van der Waals surface area contributed by atoms with E-state index in [1.54, 1.807) is 6.07 Å². The number of rotatable bonds is 1. The SMILES string of the molecule is Nc1ncc(C#CCO)cc1CO. The van der Waals surface area contributed by atoms with Gasteiger partial charge in [0.05, 0.1) is 6.61 Å². The molecule has 0 aliphatic rings. The molecule has 0 fully saturated rings. The van der Waals surface area contributed by atoms with Crippen LogP contribution in [0.4, 0.5) is 5.82 Å². The third-order valence-corrected chi connectivity index (χ3v) is 1.48. The van der Waals surface area contributed by atoms with Gasteiger partial charge in [0, 0.05) is 17.3 Å². The second-order valence-corrected chi connectivity index (χ2v) is 2.39. The van der Waals surface area contributed by atoms with E-state index in [4.69, 9.17) is 15.9 Å². The lowest BCUT2D eigenvalue weighted by molar-refractivity contribution is 0.282. The maximum Gasteiger partial charge on any atom is 0.128 e. The fourth-order valence-electron chi connectivity index (χ4n) is 0.858. The van der Waals surface area contributed by atoms with Crippen molar-refractivity contribution in [1.29, 1.82) is 0 Å². The minimum absolute atomic E-state index is 0.159. The van der Waals surface area contributed by atoms with Crippen molar-refractivity contribution in [3.05, 3.63) is 23.4 Å². The van der Waals surface area contributed by atoms with Crippen LogP contribution in [-0.4, -0.2) is 21.8 Å². The number of hydrogen-bond donors (Lipinski definition) is 3. The average Bonchev–Trinajstić information content (AvgIpc) is 2.16. The van der Waals surface area contributed by atoms with Gasteiger partial charge in [0.2, 0.25) is 0 Å². The lowest BCUT2D eigenvalue weighted by Crippen LogP contribution is -1.98. The third-order valence-electron chi connectivity index (χ3n) is 1.48. The fourth-order valence-corrected chi connectivity index (χ4v) is 0.858. The first-order chi connectivity index (χ1) is 6.27. The van der Waals surface area contributed by atoms with Crippen molar-refractivity contribution in [2.45, 2.75) is 6.61 Å². The highest BCUT2D eigenvalue weighted by atomic mass is 16.3. The molecule has 0 atom stereocenters. The molecular formula is C9H10N2O2. The van der Waals surface area contributed by atoms with E-state index in [2.05, 4.69) is 16.8 Å². The Labute approximate surface area is 76.0 Å². The third kappa shape index (κ3) is 2.44. The number of nitrogens with two attached hydrogens (primary N) is 1. The highest BCUT2D eigenvalue weighted by Crippen LogP contribution is 2.09. The number of aromatic nitrogens is 1. The molecule has 13 heavy (non-hydrogen) atoms. The summed E-state index contributed by atoms with van der Waals surface area (Å²) in [5.41, 5.74) is 6.64. The normalized spacial score (nSPS) is 9.08. The molecule has 0 aromatic carbocycles. The number of pyridine rings is 1. The summed E-state index contributed by atoms with van der Waals surface area (Å²) < 4.78 is 0. The summed E-state index contributed by atoms with van der Waals surface area (Å²) in [6.07, 6.45) is 1.50. The van der Waals surface area contributed by atoms with Gasteiger partial charge in [-0.05, 0) is 6.07 Å². The topological polar surface area (TPSA) is 79.4 Å². The Morgan fingerprint density at radius 1 is 1.46 bits per heavy atom. The van der Waals surface area contributed by atoms with Crippen molar-refractivity contribution < 1.29 is 10.2 Å². The number of aliphatic hydroxyl groups is 2. The van der Waals surface area contributed by atoms with Gasteiger partial charge in [-0.15, -0.1) is 0 Å². The van der Waals surface area contributed by atoms with Crippen molar-refractivity contribution in [1.82, 2.24) is 4.98 Å². The maximum absolute atomic E-state index is 8.85. The van der Waals surface area contributed by atoms with E-state index >= 15 is 0 Å². The van der Waals surface area contributed by atoms with Gasteiger partial charge in [-0.25, -0.2) is 4.98 Å². The quantitative estimate of drug-likeness (QED) is 0.506. The summed E-state index contributed by atoms with van der Waals surface area (Å²) in [6, 6.07) is 1.64. The summed E-state index contributed by atoms with van der Waals surface area (Å²) in [5.74, 6) is 5.45. The first kappa shape index (κ1) is 9.52. The van der Waals surface area contributed by atoms with Crippen LogP contribution in [0, 0.1) is 11.8 Å². The van der Waals surface area contributed by atoms with Crippen LogP contribution >= 0.6 is 0 Å². The summed E-state index contributed by atoms with van der Waals surface area (Å²) in [4.78, 5) is 3.84. The van der Waals surface area contributed by atoms with Gasteiger partial charge in [0.1, 0.15) is 12.4 Å². The molecule has 0 aliphatic carbocycles. The zero-order valence-electron chi connectivity index (χ0n) is 6.99. The van der Waals surface area contributed by atoms with E-state index in [1.165, 1.54) is 6.20 Å². The van der Waals surface area contributed by atoms with Crippen molar-refractivity contribution in [2.24, 2.45) is 0 Å². The molecule has 0 aliphatic heterocycles. The van der Waals surface area contributed by atoms with E-state index in [0.29, 0.717) is 16.9 Å². The largest absolute Gasteiger partial charge is 0.392 e.